The van der Waals surface area contributed by atoms with Crippen molar-refractivity contribution in [2.75, 3.05) is 19.8 Å². The summed E-state index contributed by atoms with van der Waals surface area (Å²) in [4.78, 5) is 25.4. The van der Waals surface area contributed by atoms with E-state index in [4.69, 9.17) is 14.2 Å². The Hall–Kier alpha value is -2.66. The van der Waals surface area contributed by atoms with Gasteiger partial charge in [-0.15, -0.1) is 0 Å². The number of hydrogen-bond donors (Lipinski definition) is 0. The third-order valence-corrected chi connectivity index (χ3v) is 11.2. The lowest BCUT2D eigenvalue weighted by Crippen LogP contribution is -2.30. The van der Waals surface area contributed by atoms with Crippen LogP contribution < -0.4 is 0 Å². The minimum atomic E-state index is -0.563. The Bertz CT molecular complexity index is 1110. The van der Waals surface area contributed by atoms with Crippen LogP contribution in [0.1, 0.15) is 252 Å². The Kier molecular flexibility index (Phi) is 50.4. The van der Waals surface area contributed by atoms with E-state index in [0.29, 0.717) is 19.4 Å². The molecule has 1 unspecified atom stereocenters. The normalized spacial score (nSPS) is 12.8. The summed E-state index contributed by atoms with van der Waals surface area (Å²) in [6.07, 6.45) is 67.7. The van der Waals surface area contributed by atoms with E-state index >= 15 is 0 Å². The Balaban J connectivity index is 4.36. The molecule has 1 atom stereocenters. The van der Waals surface area contributed by atoms with Crippen LogP contribution in [0.5, 0.6) is 0 Å². The second-order valence-electron chi connectivity index (χ2n) is 17.4. The summed E-state index contributed by atoms with van der Waals surface area (Å²) in [7, 11) is 0. The smallest absolute Gasteiger partial charge is 0.306 e. The third kappa shape index (κ3) is 50.0. The van der Waals surface area contributed by atoms with Gasteiger partial charge < -0.3 is 14.2 Å². The molecule has 0 N–H and O–H groups in total. The standard InChI is InChI=1S/C57H100O5/c1-4-7-10-13-16-19-22-25-28-29-31-32-35-38-41-44-47-50-56(58)61-54-55(53-60-52-49-46-43-40-37-34-27-24-21-18-15-12-9-6-3)62-57(59)51-48-45-42-39-36-33-30-26-23-20-17-14-11-8-5-2/h7,10,16,19,25-26,28,30-32,38,41,55H,4-6,8-9,11-15,17-18,20-24,27,29,33-37,39-40,42-54H2,1-3H3/b10-7-,19-16-,28-25-,30-26-,32-31-,41-38-. The SMILES string of the molecule is CC/C=C\C/C=C\C/C=C\C/C=C\C/C=C\CCCC(=O)OCC(COCCCCCCCCCCCCCCCC)OC(=O)CCCCCCC/C=C\CCCCCCCC. The molecule has 5 heteroatoms. The van der Waals surface area contributed by atoms with Crippen LogP contribution in [0.15, 0.2) is 72.9 Å². The molecule has 0 aliphatic heterocycles. The fraction of sp³-hybridized carbons (Fsp3) is 0.754. The predicted octanol–water partition coefficient (Wildman–Crippen LogP) is 17.9. The van der Waals surface area contributed by atoms with Crippen LogP contribution in [-0.2, 0) is 23.8 Å². The number of allylic oxidation sites excluding steroid dienone is 12. The number of ether oxygens (including phenoxy) is 3. The molecule has 0 fully saturated rings. The van der Waals surface area contributed by atoms with Crippen molar-refractivity contribution in [1.29, 1.82) is 0 Å². The van der Waals surface area contributed by atoms with Gasteiger partial charge in [-0.05, 0) is 83.5 Å². The first kappa shape index (κ1) is 59.3. The fourth-order valence-corrected chi connectivity index (χ4v) is 7.31. The van der Waals surface area contributed by atoms with Crippen molar-refractivity contribution in [3.05, 3.63) is 72.9 Å². The summed E-state index contributed by atoms with van der Waals surface area (Å²) in [6.45, 7) is 7.67. The largest absolute Gasteiger partial charge is 0.462 e. The Morgan fingerprint density at radius 2 is 0.742 bits per heavy atom. The molecule has 0 radical (unpaired) electrons. The lowest BCUT2D eigenvalue weighted by atomic mass is 10.0. The molecule has 358 valence electrons. The molecule has 0 aromatic rings. The van der Waals surface area contributed by atoms with Gasteiger partial charge >= 0.3 is 11.9 Å². The molecule has 0 aliphatic carbocycles. The number of carbonyl (C=O) groups excluding carboxylic acids is 2. The van der Waals surface area contributed by atoms with Gasteiger partial charge in [-0.1, -0.05) is 229 Å². The maximum Gasteiger partial charge on any atom is 0.306 e. The molecule has 0 aromatic heterocycles. The number of unbranched alkanes of at least 4 members (excludes halogenated alkanes) is 25. The highest BCUT2D eigenvalue weighted by atomic mass is 16.6. The minimum Gasteiger partial charge on any atom is -0.462 e. The predicted molar refractivity (Wildman–Crippen MR) is 270 cm³/mol. The molecule has 0 aromatic carbocycles. The van der Waals surface area contributed by atoms with Crippen LogP contribution in [-0.4, -0.2) is 37.9 Å². The molecular formula is C57H100O5. The molecule has 0 heterocycles. The fourth-order valence-electron chi connectivity index (χ4n) is 7.31. The van der Waals surface area contributed by atoms with E-state index in [0.717, 1.165) is 83.5 Å². The van der Waals surface area contributed by atoms with Gasteiger partial charge in [0, 0.05) is 19.4 Å². The van der Waals surface area contributed by atoms with Crippen molar-refractivity contribution in [2.45, 2.75) is 258 Å². The van der Waals surface area contributed by atoms with Gasteiger partial charge in [-0.2, -0.15) is 0 Å². The van der Waals surface area contributed by atoms with Gasteiger partial charge in [0.1, 0.15) is 6.61 Å². The Morgan fingerprint density at radius 3 is 1.23 bits per heavy atom. The average Bonchev–Trinajstić information content (AvgIpc) is 3.27. The molecule has 0 amide bonds. The second-order valence-corrected chi connectivity index (χ2v) is 17.4. The first-order chi connectivity index (χ1) is 30.6. The van der Waals surface area contributed by atoms with E-state index in [2.05, 4.69) is 93.7 Å². The monoisotopic (exact) mass is 865 g/mol. The van der Waals surface area contributed by atoms with Crippen molar-refractivity contribution in [2.24, 2.45) is 0 Å². The second kappa shape index (κ2) is 52.7. The summed E-state index contributed by atoms with van der Waals surface area (Å²) in [5.74, 6) is -0.468. The van der Waals surface area contributed by atoms with E-state index in [1.807, 2.05) is 0 Å². The van der Waals surface area contributed by atoms with Crippen LogP contribution in [0.25, 0.3) is 0 Å². The van der Waals surface area contributed by atoms with E-state index in [9.17, 15) is 9.59 Å². The van der Waals surface area contributed by atoms with E-state index < -0.39 is 6.10 Å². The zero-order chi connectivity index (χ0) is 44.9. The zero-order valence-electron chi connectivity index (χ0n) is 41.1. The van der Waals surface area contributed by atoms with Gasteiger partial charge in [0.15, 0.2) is 6.10 Å². The average molecular weight is 865 g/mol. The number of carbonyl (C=O) groups is 2. The molecule has 0 aliphatic rings. The van der Waals surface area contributed by atoms with Crippen LogP contribution in [0, 0.1) is 0 Å². The van der Waals surface area contributed by atoms with Gasteiger partial charge in [0.05, 0.1) is 6.61 Å². The third-order valence-electron chi connectivity index (χ3n) is 11.2. The summed E-state index contributed by atoms with van der Waals surface area (Å²) < 4.78 is 17.4. The molecule has 0 rings (SSSR count). The van der Waals surface area contributed by atoms with Crippen molar-refractivity contribution >= 4 is 11.9 Å². The maximum absolute atomic E-state index is 12.8. The van der Waals surface area contributed by atoms with Crippen LogP contribution in [0.3, 0.4) is 0 Å². The molecule has 62 heavy (non-hydrogen) atoms. The minimum absolute atomic E-state index is 0.0529. The number of rotatable bonds is 48. The quantitative estimate of drug-likeness (QED) is 0.0346. The van der Waals surface area contributed by atoms with Gasteiger partial charge in [0.25, 0.3) is 0 Å². The maximum atomic E-state index is 12.8. The number of esters is 2. The van der Waals surface area contributed by atoms with E-state index in [-0.39, 0.29) is 25.2 Å². The van der Waals surface area contributed by atoms with Crippen molar-refractivity contribution in [3.8, 4) is 0 Å². The Labute approximate surface area is 385 Å². The highest BCUT2D eigenvalue weighted by Crippen LogP contribution is 2.14. The summed E-state index contributed by atoms with van der Waals surface area (Å²) >= 11 is 0. The summed E-state index contributed by atoms with van der Waals surface area (Å²) in [6, 6.07) is 0. The summed E-state index contributed by atoms with van der Waals surface area (Å²) in [5, 5.41) is 0. The molecular weight excluding hydrogens is 765 g/mol. The van der Waals surface area contributed by atoms with E-state index in [1.165, 1.54) is 135 Å². The lowest BCUT2D eigenvalue weighted by molar-refractivity contribution is -0.163. The zero-order valence-corrected chi connectivity index (χ0v) is 41.1. The first-order valence-corrected chi connectivity index (χ1v) is 26.5. The van der Waals surface area contributed by atoms with E-state index in [1.54, 1.807) is 0 Å². The van der Waals surface area contributed by atoms with Gasteiger partial charge in [-0.3, -0.25) is 9.59 Å². The topological polar surface area (TPSA) is 61.8 Å². The van der Waals surface area contributed by atoms with Gasteiger partial charge in [0.2, 0.25) is 0 Å². The molecule has 0 saturated carbocycles. The first-order valence-electron chi connectivity index (χ1n) is 26.5. The van der Waals surface area contributed by atoms with Crippen LogP contribution >= 0.6 is 0 Å². The van der Waals surface area contributed by atoms with Crippen LogP contribution in [0.2, 0.25) is 0 Å². The lowest BCUT2D eigenvalue weighted by Gasteiger charge is -2.18. The Morgan fingerprint density at radius 1 is 0.371 bits per heavy atom. The van der Waals surface area contributed by atoms with Crippen molar-refractivity contribution in [1.82, 2.24) is 0 Å². The summed E-state index contributed by atoms with van der Waals surface area (Å²) in [5.41, 5.74) is 0. The van der Waals surface area contributed by atoms with Crippen molar-refractivity contribution in [3.63, 3.8) is 0 Å². The van der Waals surface area contributed by atoms with Crippen molar-refractivity contribution < 1.29 is 23.8 Å². The van der Waals surface area contributed by atoms with Crippen LogP contribution in [0.4, 0.5) is 0 Å². The number of hydrogen-bond acceptors (Lipinski definition) is 5. The molecule has 0 saturated heterocycles. The van der Waals surface area contributed by atoms with Gasteiger partial charge in [-0.25, -0.2) is 0 Å². The molecule has 0 bridgehead atoms. The highest BCUT2D eigenvalue weighted by molar-refractivity contribution is 5.70. The highest BCUT2D eigenvalue weighted by Gasteiger charge is 2.17. The molecule has 5 nitrogen and oxygen atoms in total. The molecule has 0 spiro atoms.